The van der Waals surface area contributed by atoms with Gasteiger partial charge in [-0.15, -0.1) is 11.3 Å². The number of benzene rings is 2. The van der Waals surface area contributed by atoms with E-state index in [0.29, 0.717) is 52.2 Å². The third-order valence-electron chi connectivity index (χ3n) is 7.14. The van der Waals surface area contributed by atoms with Gasteiger partial charge in [-0.2, -0.15) is 0 Å². The number of carboxylic acid groups (broad SMARTS) is 1. The summed E-state index contributed by atoms with van der Waals surface area (Å²) in [5.74, 6) is 4.59. The number of aliphatic imine (C=N–C) groups is 1. The fourth-order valence-electron chi connectivity index (χ4n) is 4.61. The Hall–Kier alpha value is -4.64. The van der Waals surface area contributed by atoms with E-state index < -0.39 is 11.8 Å². The van der Waals surface area contributed by atoms with Gasteiger partial charge in [-0.1, -0.05) is 61.5 Å². The van der Waals surface area contributed by atoms with Crippen LogP contribution in [-0.4, -0.2) is 59.5 Å². The summed E-state index contributed by atoms with van der Waals surface area (Å²) in [6.07, 6.45) is 6.29. The van der Waals surface area contributed by atoms with Crippen molar-refractivity contribution in [3.05, 3.63) is 76.1 Å². The van der Waals surface area contributed by atoms with Gasteiger partial charge in [-0.25, -0.2) is 24.1 Å². The van der Waals surface area contributed by atoms with Crippen LogP contribution in [0.5, 0.6) is 5.75 Å². The summed E-state index contributed by atoms with van der Waals surface area (Å²) < 4.78 is 21.2. The van der Waals surface area contributed by atoms with Crippen LogP contribution in [0.1, 0.15) is 66.9 Å². The average molecular weight is 690 g/mol. The number of thiazole rings is 2. The predicted molar refractivity (Wildman–Crippen MR) is 194 cm³/mol. The van der Waals surface area contributed by atoms with Crippen molar-refractivity contribution in [1.29, 1.82) is 5.41 Å². The summed E-state index contributed by atoms with van der Waals surface area (Å²) in [6.45, 7) is 5.07. The van der Waals surface area contributed by atoms with Crippen molar-refractivity contribution in [1.82, 2.24) is 15.3 Å². The van der Waals surface area contributed by atoms with Gasteiger partial charge < -0.3 is 25.8 Å². The maximum Gasteiger partial charge on any atom is 0.355 e. The molecule has 0 bridgehead atoms. The number of aryl methyl sites for hydroxylation is 1. The van der Waals surface area contributed by atoms with E-state index in [1.165, 1.54) is 28.7 Å². The molecule has 4 rings (SSSR count). The average Bonchev–Trinajstić information content (AvgIpc) is 3.68. The highest BCUT2D eigenvalue weighted by Crippen LogP contribution is 2.30. The quantitative estimate of drug-likeness (QED) is 0.0419. The number of hydrogen-bond acceptors (Lipinski definition) is 9. The third-order valence-corrected chi connectivity index (χ3v) is 9.21. The SMILES string of the molecule is CCCCCCN(C(=N)/C=C(/C)C(N)=Nc1nc2ccccc2s1)c1nc(C(=O)O)c(CCCOc2ccc(C#CCNC)cc2F)s1. The van der Waals surface area contributed by atoms with E-state index in [4.69, 9.17) is 15.9 Å². The number of para-hydroxylation sites is 1. The lowest BCUT2D eigenvalue weighted by molar-refractivity contribution is 0.0690. The number of nitrogens with one attached hydrogen (secondary N) is 2. The van der Waals surface area contributed by atoms with Crippen molar-refractivity contribution in [2.75, 3.05) is 31.6 Å². The number of rotatable bonds is 16. The van der Waals surface area contributed by atoms with E-state index in [9.17, 15) is 14.3 Å². The first kappa shape index (κ1) is 36.2. The molecule has 0 radical (unpaired) electrons. The summed E-state index contributed by atoms with van der Waals surface area (Å²) in [5.41, 5.74) is 8.23. The van der Waals surface area contributed by atoms with Crippen LogP contribution >= 0.6 is 22.7 Å². The second-order valence-corrected chi connectivity index (χ2v) is 13.0. The third kappa shape index (κ3) is 10.2. The number of amidine groups is 2. The van der Waals surface area contributed by atoms with Gasteiger partial charge in [0, 0.05) is 17.0 Å². The molecule has 0 atom stereocenters. The number of ether oxygens (including phenoxy) is 1. The van der Waals surface area contributed by atoms with Gasteiger partial charge in [0.25, 0.3) is 0 Å². The maximum atomic E-state index is 14.5. The molecule has 0 aliphatic carbocycles. The van der Waals surface area contributed by atoms with Crippen LogP contribution in [0.4, 0.5) is 14.7 Å². The molecule has 0 saturated heterocycles. The molecule has 2 aromatic heterocycles. The van der Waals surface area contributed by atoms with E-state index >= 15 is 0 Å². The van der Waals surface area contributed by atoms with Gasteiger partial charge in [0.2, 0.25) is 5.13 Å². The number of fused-ring (bicyclic) bond motifs is 1. The molecule has 0 aliphatic rings. The predicted octanol–water partition coefficient (Wildman–Crippen LogP) is 7.17. The van der Waals surface area contributed by atoms with Crippen molar-refractivity contribution in [3.8, 4) is 17.6 Å². The summed E-state index contributed by atoms with van der Waals surface area (Å²) in [6, 6.07) is 12.3. The molecule has 0 fully saturated rings. The van der Waals surface area contributed by atoms with Crippen LogP contribution in [0.2, 0.25) is 0 Å². The summed E-state index contributed by atoms with van der Waals surface area (Å²) in [4.78, 5) is 27.9. The Kier molecular flexibility index (Phi) is 13.6. The zero-order valence-corrected chi connectivity index (χ0v) is 28.9. The van der Waals surface area contributed by atoms with Crippen molar-refractivity contribution < 1.29 is 19.0 Å². The number of carbonyl (C=O) groups is 1. The van der Waals surface area contributed by atoms with Crippen molar-refractivity contribution in [2.24, 2.45) is 10.7 Å². The minimum absolute atomic E-state index is 0.0605. The number of nitrogens with zero attached hydrogens (tertiary/aromatic N) is 4. The van der Waals surface area contributed by atoms with Gasteiger partial charge in [0.1, 0.15) is 11.7 Å². The highest BCUT2D eigenvalue weighted by molar-refractivity contribution is 7.22. The molecule has 0 aliphatic heterocycles. The van der Waals surface area contributed by atoms with Crippen molar-refractivity contribution >= 4 is 60.8 Å². The first-order valence-electron chi connectivity index (χ1n) is 15.7. The molecule has 0 amide bonds. The van der Waals surface area contributed by atoms with Crippen LogP contribution in [-0.2, 0) is 6.42 Å². The molecular formula is C35H40FN7O3S2. The molecule has 2 aromatic carbocycles. The number of nitrogens with two attached hydrogens (primary N) is 1. The number of anilines is 1. The van der Waals surface area contributed by atoms with Gasteiger partial charge in [-0.3, -0.25) is 5.41 Å². The van der Waals surface area contributed by atoms with Gasteiger partial charge in [0.15, 0.2) is 22.4 Å². The Labute approximate surface area is 288 Å². The Morgan fingerprint density at radius 3 is 2.73 bits per heavy atom. The molecule has 10 nitrogen and oxygen atoms in total. The smallest absolute Gasteiger partial charge is 0.355 e. The fourth-order valence-corrected chi connectivity index (χ4v) is 6.59. The lowest BCUT2D eigenvalue weighted by Crippen LogP contribution is -2.31. The first-order chi connectivity index (χ1) is 23.2. The molecule has 48 heavy (non-hydrogen) atoms. The largest absolute Gasteiger partial charge is 0.491 e. The first-order valence-corrected chi connectivity index (χ1v) is 17.4. The number of halogens is 1. The molecule has 2 heterocycles. The zero-order valence-electron chi connectivity index (χ0n) is 27.3. The van der Waals surface area contributed by atoms with Crippen molar-refractivity contribution in [2.45, 2.75) is 52.4 Å². The molecule has 0 unspecified atom stereocenters. The maximum absolute atomic E-state index is 14.5. The monoisotopic (exact) mass is 689 g/mol. The number of aromatic nitrogens is 2. The minimum atomic E-state index is -1.15. The van der Waals surface area contributed by atoms with Crippen LogP contribution in [0, 0.1) is 23.1 Å². The Morgan fingerprint density at radius 1 is 1.19 bits per heavy atom. The number of carboxylic acids is 1. The second-order valence-electron chi connectivity index (χ2n) is 10.9. The van der Waals surface area contributed by atoms with E-state index in [1.54, 1.807) is 37.1 Å². The van der Waals surface area contributed by atoms with Gasteiger partial charge >= 0.3 is 5.97 Å². The number of aromatic carboxylic acids is 1. The van der Waals surface area contributed by atoms with E-state index in [-0.39, 0.29) is 29.7 Å². The van der Waals surface area contributed by atoms with Gasteiger partial charge in [0.05, 0.1) is 23.4 Å². The van der Waals surface area contributed by atoms with Crippen LogP contribution < -0.4 is 20.7 Å². The van der Waals surface area contributed by atoms with E-state index in [1.807, 2.05) is 24.3 Å². The molecule has 252 valence electrons. The topological polar surface area (TPSA) is 150 Å². The minimum Gasteiger partial charge on any atom is -0.491 e. The second kappa shape index (κ2) is 18.1. The zero-order chi connectivity index (χ0) is 34.5. The molecule has 0 saturated carbocycles. The summed E-state index contributed by atoms with van der Waals surface area (Å²) in [7, 11) is 1.79. The standard InChI is InChI=1S/C35H40FN7O3S2/c1-4-5-6-9-19-43(30(37)21-23(2)32(38)42-34-40-26-13-7-8-14-28(26)47-34)35-41-31(33(44)45)29(48-35)15-11-20-46-27-17-16-24(22-25(27)36)12-10-18-39-3/h7-8,13-14,16-17,21-22,37,39H,4-6,9,11,15,18-20H2,1-3H3,(H,44,45)(H2,38,40,42)/b23-21-,37-30?. The summed E-state index contributed by atoms with van der Waals surface area (Å²) >= 11 is 2.66. The van der Waals surface area contributed by atoms with Crippen LogP contribution in [0.3, 0.4) is 0 Å². The van der Waals surface area contributed by atoms with Crippen molar-refractivity contribution in [3.63, 3.8) is 0 Å². The Bertz CT molecular complexity index is 1820. The fraction of sp³-hybridized carbons (Fsp3) is 0.343. The Morgan fingerprint density at radius 2 is 2.00 bits per heavy atom. The molecule has 13 heteroatoms. The lowest BCUT2D eigenvalue weighted by atomic mass is 10.2. The van der Waals surface area contributed by atoms with Crippen LogP contribution in [0.15, 0.2) is 59.1 Å². The number of hydrogen-bond donors (Lipinski definition) is 4. The Balaban J connectivity index is 1.47. The highest BCUT2D eigenvalue weighted by atomic mass is 32.1. The summed E-state index contributed by atoms with van der Waals surface area (Å²) in [5, 5.41) is 22.8. The molecular weight excluding hydrogens is 650 g/mol. The molecule has 5 N–H and O–H groups in total. The molecule has 0 spiro atoms. The highest BCUT2D eigenvalue weighted by Gasteiger charge is 2.23. The van der Waals surface area contributed by atoms with Crippen LogP contribution in [0.25, 0.3) is 10.2 Å². The van der Waals surface area contributed by atoms with Gasteiger partial charge in [-0.05, 0) is 75.2 Å². The van der Waals surface area contributed by atoms with E-state index in [2.05, 4.69) is 39.0 Å². The number of unbranched alkanes of at least 4 members (excludes halogenated alkanes) is 3. The molecule has 4 aromatic rings. The normalized spacial score (nSPS) is 11.8. The van der Waals surface area contributed by atoms with E-state index in [0.717, 1.165) is 35.9 Å². The lowest BCUT2D eigenvalue weighted by Gasteiger charge is -2.21.